The monoisotopic (exact) mass is 385 g/mol. The molecule has 0 fully saturated rings. The second kappa shape index (κ2) is 6.68. The standard InChI is InChI=1S/C14H17Br2N3/c1-3-8-17-13(10-4-6-11(15)7-5-10)14-12(16)9-18-19(14)2/h4-7,9,13,17H,3,8H2,1-2H3. The van der Waals surface area contributed by atoms with Crippen molar-refractivity contribution in [1.29, 1.82) is 0 Å². The number of benzene rings is 1. The van der Waals surface area contributed by atoms with Gasteiger partial charge in [-0.3, -0.25) is 4.68 Å². The summed E-state index contributed by atoms with van der Waals surface area (Å²) >= 11 is 7.07. The molecule has 3 nitrogen and oxygen atoms in total. The van der Waals surface area contributed by atoms with Crippen LogP contribution in [0.5, 0.6) is 0 Å². The predicted molar refractivity (Wildman–Crippen MR) is 85.2 cm³/mol. The Labute approximate surface area is 130 Å². The molecule has 0 radical (unpaired) electrons. The van der Waals surface area contributed by atoms with E-state index in [2.05, 4.69) is 73.5 Å². The molecule has 0 aliphatic rings. The first kappa shape index (κ1) is 14.8. The maximum Gasteiger partial charge on any atom is 0.0759 e. The highest BCUT2D eigenvalue weighted by Crippen LogP contribution is 2.28. The Bertz CT molecular complexity index is 515. The van der Waals surface area contributed by atoms with Gasteiger partial charge in [-0.15, -0.1) is 0 Å². The van der Waals surface area contributed by atoms with E-state index in [1.165, 1.54) is 5.56 Å². The lowest BCUT2D eigenvalue weighted by atomic mass is 10.0. The molecular formula is C14H17Br2N3. The molecule has 2 rings (SSSR count). The Morgan fingerprint density at radius 1 is 1.26 bits per heavy atom. The van der Waals surface area contributed by atoms with Crippen LogP contribution in [-0.2, 0) is 7.05 Å². The first-order valence-electron chi connectivity index (χ1n) is 6.29. The predicted octanol–water partition coefficient (Wildman–Crippen LogP) is 4.03. The Morgan fingerprint density at radius 2 is 1.95 bits per heavy atom. The van der Waals surface area contributed by atoms with Crippen molar-refractivity contribution >= 4 is 31.9 Å². The Kier molecular flexibility index (Phi) is 5.19. The van der Waals surface area contributed by atoms with Gasteiger partial charge in [-0.05, 0) is 46.6 Å². The molecule has 1 aromatic carbocycles. The van der Waals surface area contributed by atoms with E-state index in [0.29, 0.717) is 0 Å². The van der Waals surface area contributed by atoms with Crippen LogP contribution in [0.15, 0.2) is 39.4 Å². The zero-order chi connectivity index (χ0) is 13.8. The summed E-state index contributed by atoms with van der Waals surface area (Å²) in [5.74, 6) is 0. The summed E-state index contributed by atoms with van der Waals surface area (Å²) in [6.45, 7) is 3.14. The number of aryl methyl sites for hydroxylation is 1. The van der Waals surface area contributed by atoms with Crippen LogP contribution in [0.3, 0.4) is 0 Å². The molecule has 1 N–H and O–H groups in total. The molecule has 0 amide bonds. The van der Waals surface area contributed by atoms with E-state index in [4.69, 9.17) is 0 Å². The zero-order valence-corrected chi connectivity index (χ0v) is 14.2. The van der Waals surface area contributed by atoms with Gasteiger partial charge < -0.3 is 5.32 Å². The average molecular weight is 387 g/mol. The third-order valence-electron chi connectivity index (χ3n) is 3.01. The first-order chi connectivity index (χ1) is 9.13. The van der Waals surface area contributed by atoms with Crippen LogP contribution >= 0.6 is 31.9 Å². The van der Waals surface area contributed by atoms with Gasteiger partial charge in [-0.2, -0.15) is 5.10 Å². The number of nitrogens with zero attached hydrogens (tertiary/aromatic N) is 2. The van der Waals surface area contributed by atoms with Crippen LogP contribution in [0, 0.1) is 0 Å². The topological polar surface area (TPSA) is 29.9 Å². The highest BCUT2D eigenvalue weighted by atomic mass is 79.9. The summed E-state index contributed by atoms with van der Waals surface area (Å²) in [5.41, 5.74) is 2.39. The molecule has 5 heteroatoms. The van der Waals surface area contributed by atoms with Gasteiger partial charge in [0.25, 0.3) is 0 Å². The van der Waals surface area contributed by atoms with Crippen molar-refractivity contribution < 1.29 is 0 Å². The molecule has 1 heterocycles. The van der Waals surface area contributed by atoms with Gasteiger partial charge in [-0.1, -0.05) is 35.0 Å². The summed E-state index contributed by atoms with van der Waals surface area (Å²) < 4.78 is 4.04. The maximum atomic E-state index is 4.31. The SMILES string of the molecule is CCCNC(c1ccc(Br)cc1)c1c(Br)cnn1C. The van der Waals surface area contributed by atoms with E-state index in [1.54, 1.807) is 0 Å². The van der Waals surface area contributed by atoms with Gasteiger partial charge in [0, 0.05) is 11.5 Å². The lowest BCUT2D eigenvalue weighted by Crippen LogP contribution is -2.25. The lowest BCUT2D eigenvalue weighted by Gasteiger charge is -2.20. The van der Waals surface area contributed by atoms with Crippen LogP contribution in [0.25, 0.3) is 0 Å². The van der Waals surface area contributed by atoms with Gasteiger partial charge in [-0.25, -0.2) is 0 Å². The van der Waals surface area contributed by atoms with Gasteiger partial charge in [0.05, 0.1) is 22.4 Å². The minimum absolute atomic E-state index is 0.148. The number of halogens is 2. The molecule has 102 valence electrons. The van der Waals surface area contributed by atoms with Crippen molar-refractivity contribution in [3.8, 4) is 0 Å². The lowest BCUT2D eigenvalue weighted by molar-refractivity contribution is 0.552. The third-order valence-corrected chi connectivity index (χ3v) is 4.15. The number of nitrogens with one attached hydrogen (secondary N) is 1. The smallest absolute Gasteiger partial charge is 0.0759 e. The number of aromatic nitrogens is 2. The zero-order valence-electron chi connectivity index (χ0n) is 11.0. The summed E-state index contributed by atoms with van der Waals surface area (Å²) in [7, 11) is 1.97. The molecule has 2 aromatic rings. The molecule has 1 unspecified atom stereocenters. The van der Waals surface area contributed by atoms with Crippen molar-refractivity contribution in [3.05, 3.63) is 50.7 Å². The fraction of sp³-hybridized carbons (Fsp3) is 0.357. The summed E-state index contributed by atoms with van der Waals surface area (Å²) in [6.07, 6.45) is 2.94. The van der Waals surface area contributed by atoms with Crippen LogP contribution in [0.4, 0.5) is 0 Å². The van der Waals surface area contributed by atoms with E-state index in [0.717, 1.165) is 27.6 Å². The molecule has 0 saturated heterocycles. The summed E-state index contributed by atoms with van der Waals surface area (Å²) in [5, 5.41) is 7.89. The molecule has 0 saturated carbocycles. The number of hydrogen-bond acceptors (Lipinski definition) is 2. The maximum absolute atomic E-state index is 4.31. The van der Waals surface area contributed by atoms with Crippen molar-refractivity contribution in [1.82, 2.24) is 15.1 Å². The van der Waals surface area contributed by atoms with Crippen LogP contribution in [-0.4, -0.2) is 16.3 Å². The van der Waals surface area contributed by atoms with Gasteiger partial charge in [0.1, 0.15) is 0 Å². The molecule has 1 aromatic heterocycles. The van der Waals surface area contributed by atoms with E-state index in [-0.39, 0.29) is 6.04 Å². The van der Waals surface area contributed by atoms with Gasteiger partial charge >= 0.3 is 0 Å². The Morgan fingerprint density at radius 3 is 2.47 bits per heavy atom. The highest BCUT2D eigenvalue weighted by molar-refractivity contribution is 9.10. The average Bonchev–Trinajstić information content (AvgIpc) is 2.73. The van der Waals surface area contributed by atoms with Crippen LogP contribution < -0.4 is 5.32 Å². The van der Waals surface area contributed by atoms with Crippen molar-refractivity contribution in [3.63, 3.8) is 0 Å². The fourth-order valence-electron chi connectivity index (χ4n) is 2.06. The Balaban J connectivity index is 2.38. The molecule has 0 bridgehead atoms. The molecule has 0 aliphatic carbocycles. The van der Waals surface area contributed by atoms with Crippen LogP contribution in [0.2, 0.25) is 0 Å². The Hall–Kier alpha value is -0.650. The second-order valence-corrected chi connectivity index (χ2v) is 6.21. The summed E-state index contributed by atoms with van der Waals surface area (Å²) in [4.78, 5) is 0. The normalized spacial score (nSPS) is 12.6. The van der Waals surface area contributed by atoms with Gasteiger partial charge in [0.15, 0.2) is 0 Å². The van der Waals surface area contributed by atoms with E-state index < -0.39 is 0 Å². The molecule has 1 atom stereocenters. The third kappa shape index (κ3) is 3.46. The molecular weight excluding hydrogens is 370 g/mol. The van der Waals surface area contributed by atoms with E-state index >= 15 is 0 Å². The van der Waals surface area contributed by atoms with Crippen LogP contribution in [0.1, 0.15) is 30.6 Å². The highest BCUT2D eigenvalue weighted by Gasteiger charge is 2.19. The summed E-state index contributed by atoms with van der Waals surface area (Å²) in [6, 6.07) is 8.56. The van der Waals surface area contributed by atoms with Crippen molar-refractivity contribution in [2.45, 2.75) is 19.4 Å². The van der Waals surface area contributed by atoms with Crippen molar-refractivity contribution in [2.24, 2.45) is 7.05 Å². The quantitative estimate of drug-likeness (QED) is 0.840. The minimum Gasteiger partial charge on any atom is -0.305 e. The van der Waals surface area contributed by atoms with Crippen molar-refractivity contribution in [2.75, 3.05) is 6.54 Å². The fourth-order valence-corrected chi connectivity index (χ4v) is 2.90. The largest absolute Gasteiger partial charge is 0.305 e. The number of rotatable bonds is 5. The second-order valence-electron chi connectivity index (χ2n) is 4.44. The first-order valence-corrected chi connectivity index (χ1v) is 7.88. The van der Waals surface area contributed by atoms with Gasteiger partial charge in [0.2, 0.25) is 0 Å². The molecule has 0 spiro atoms. The molecule has 0 aliphatic heterocycles. The number of hydrogen-bond donors (Lipinski definition) is 1. The van der Waals surface area contributed by atoms with E-state index in [9.17, 15) is 0 Å². The van der Waals surface area contributed by atoms with E-state index in [1.807, 2.05) is 17.9 Å². The minimum atomic E-state index is 0.148. The molecule has 19 heavy (non-hydrogen) atoms.